The van der Waals surface area contributed by atoms with Crippen LogP contribution >= 0.6 is 0 Å². The minimum atomic E-state index is -0.0781. The second-order valence-corrected chi connectivity index (χ2v) is 5.74. The van der Waals surface area contributed by atoms with Crippen molar-refractivity contribution in [3.8, 4) is 0 Å². The van der Waals surface area contributed by atoms with Crippen molar-refractivity contribution in [1.29, 1.82) is 0 Å². The van der Waals surface area contributed by atoms with E-state index >= 15 is 0 Å². The monoisotopic (exact) mass is 263 g/mol. The molecule has 0 saturated carbocycles. The Balaban J connectivity index is 2.97. The first-order valence-corrected chi connectivity index (χ1v) is 6.87. The Bertz CT molecular complexity index is 436. The number of amides is 1. The van der Waals surface area contributed by atoms with Gasteiger partial charge in [0.2, 0.25) is 0 Å². The number of carbonyl (C=O) groups excluding carboxylic acids is 1. The van der Waals surface area contributed by atoms with Gasteiger partial charge in [0.05, 0.1) is 0 Å². The zero-order valence-corrected chi connectivity index (χ0v) is 12.6. The van der Waals surface area contributed by atoms with Crippen molar-refractivity contribution in [2.45, 2.75) is 46.0 Å². The van der Waals surface area contributed by atoms with Gasteiger partial charge in [-0.15, -0.1) is 0 Å². The first-order valence-electron chi connectivity index (χ1n) is 6.87. The molecule has 1 aromatic heterocycles. The number of pyridine rings is 1. The topological polar surface area (TPSA) is 54.0 Å². The van der Waals surface area contributed by atoms with Gasteiger partial charge < -0.3 is 10.6 Å². The molecule has 0 spiro atoms. The first-order chi connectivity index (χ1) is 8.88. The van der Waals surface area contributed by atoms with E-state index in [1.54, 1.807) is 6.07 Å². The van der Waals surface area contributed by atoms with Gasteiger partial charge in [0.25, 0.3) is 5.91 Å². The number of hydrogen-bond donors (Lipinski definition) is 2. The fourth-order valence-corrected chi connectivity index (χ4v) is 1.65. The van der Waals surface area contributed by atoms with Crippen LogP contribution in [0, 0.1) is 0 Å². The quantitative estimate of drug-likeness (QED) is 0.803. The Kier molecular flexibility index (Phi) is 5.33. The van der Waals surface area contributed by atoms with Gasteiger partial charge in [0.15, 0.2) is 0 Å². The molecule has 0 aliphatic carbocycles. The summed E-state index contributed by atoms with van der Waals surface area (Å²) < 4.78 is 0. The molecule has 0 bridgehead atoms. The van der Waals surface area contributed by atoms with Crippen LogP contribution in [0.3, 0.4) is 0 Å². The molecular weight excluding hydrogens is 238 g/mol. The number of hydrogen-bond acceptors (Lipinski definition) is 3. The second kappa shape index (κ2) is 6.55. The third kappa shape index (κ3) is 4.54. The lowest BCUT2D eigenvalue weighted by molar-refractivity contribution is 0.0953. The molecule has 2 N–H and O–H groups in total. The van der Waals surface area contributed by atoms with Crippen molar-refractivity contribution >= 4 is 11.7 Å². The minimum absolute atomic E-state index is 0.0298. The maximum atomic E-state index is 12.1. The minimum Gasteiger partial charge on any atom is -0.373 e. The molecule has 0 unspecified atom stereocenters. The Labute approximate surface area is 116 Å². The maximum Gasteiger partial charge on any atom is 0.251 e. The van der Waals surface area contributed by atoms with Crippen molar-refractivity contribution in [2.24, 2.45) is 0 Å². The molecule has 1 heterocycles. The van der Waals surface area contributed by atoms with Crippen LogP contribution in [-0.4, -0.2) is 24.5 Å². The van der Waals surface area contributed by atoms with Crippen molar-refractivity contribution in [3.63, 3.8) is 0 Å². The zero-order chi connectivity index (χ0) is 14.5. The summed E-state index contributed by atoms with van der Waals surface area (Å²) in [7, 11) is 1.81. The van der Waals surface area contributed by atoms with Crippen LogP contribution in [0.15, 0.2) is 12.1 Å². The highest BCUT2D eigenvalue weighted by Crippen LogP contribution is 2.23. The molecule has 1 amide bonds. The normalized spacial score (nSPS) is 11.2. The van der Waals surface area contributed by atoms with Gasteiger partial charge in [0, 0.05) is 30.3 Å². The van der Waals surface area contributed by atoms with Gasteiger partial charge in [0.1, 0.15) is 5.82 Å². The summed E-state index contributed by atoms with van der Waals surface area (Å²) in [5.41, 5.74) is 1.51. The Hall–Kier alpha value is -1.58. The highest BCUT2D eigenvalue weighted by Gasteiger charge is 2.18. The van der Waals surface area contributed by atoms with E-state index in [1.165, 1.54) is 0 Å². The van der Waals surface area contributed by atoms with Gasteiger partial charge in [-0.2, -0.15) is 0 Å². The van der Waals surface area contributed by atoms with Crippen LogP contribution in [0.1, 0.15) is 56.6 Å². The van der Waals surface area contributed by atoms with E-state index in [9.17, 15) is 4.79 Å². The summed E-state index contributed by atoms with van der Waals surface area (Å²) in [6, 6.07) is 3.67. The van der Waals surface area contributed by atoms with E-state index in [2.05, 4.69) is 43.3 Å². The highest BCUT2D eigenvalue weighted by molar-refractivity contribution is 5.95. The van der Waals surface area contributed by atoms with Gasteiger partial charge in [-0.1, -0.05) is 34.1 Å². The SMILES string of the molecule is CCCCNC(=O)c1cc(NC)nc(C(C)(C)C)c1. The second-order valence-electron chi connectivity index (χ2n) is 5.74. The van der Waals surface area contributed by atoms with E-state index in [-0.39, 0.29) is 11.3 Å². The Morgan fingerprint density at radius 1 is 1.32 bits per heavy atom. The lowest BCUT2D eigenvalue weighted by Crippen LogP contribution is -2.25. The molecule has 0 saturated heterocycles. The van der Waals surface area contributed by atoms with E-state index < -0.39 is 0 Å². The standard InChI is InChI=1S/C15H25N3O/c1-6-7-8-17-14(19)11-9-12(15(2,3)4)18-13(10-11)16-5/h9-10H,6-8H2,1-5H3,(H,16,18)(H,17,19). The van der Waals surface area contributed by atoms with Crippen molar-refractivity contribution in [1.82, 2.24) is 10.3 Å². The highest BCUT2D eigenvalue weighted by atomic mass is 16.1. The average Bonchev–Trinajstić information content (AvgIpc) is 2.37. The molecular formula is C15H25N3O. The van der Waals surface area contributed by atoms with Gasteiger partial charge >= 0.3 is 0 Å². The van der Waals surface area contributed by atoms with Crippen LogP contribution < -0.4 is 10.6 Å². The van der Waals surface area contributed by atoms with Gasteiger partial charge in [-0.3, -0.25) is 4.79 Å². The largest absolute Gasteiger partial charge is 0.373 e. The summed E-state index contributed by atoms with van der Waals surface area (Å²) in [4.78, 5) is 16.6. The fraction of sp³-hybridized carbons (Fsp3) is 0.600. The van der Waals surface area contributed by atoms with E-state index in [1.807, 2.05) is 13.1 Å². The molecule has 19 heavy (non-hydrogen) atoms. The van der Waals surface area contributed by atoms with Crippen molar-refractivity contribution in [3.05, 3.63) is 23.4 Å². The Morgan fingerprint density at radius 3 is 2.53 bits per heavy atom. The number of nitrogens with zero attached hydrogens (tertiary/aromatic N) is 1. The molecule has 0 aliphatic rings. The van der Waals surface area contributed by atoms with Crippen LogP contribution in [-0.2, 0) is 5.41 Å². The Morgan fingerprint density at radius 2 is 2.00 bits per heavy atom. The number of rotatable bonds is 5. The van der Waals surface area contributed by atoms with Crippen LogP contribution in [0.4, 0.5) is 5.82 Å². The molecule has 4 heteroatoms. The van der Waals surface area contributed by atoms with E-state index in [0.29, 0.717) is 5.56 Å². The predicted octanol–water partition coefficient (Wildman–Crippen LogP) is 2.95. The van der Waals surface area contributed by atoms with Gasteiger partial charge in [-0.25, -0.2) is 4.98 Å². The molecule has 1 rings (SSSR count). The molecule has 106 valence electrons. The van der Waals surface area contributed by atoms with Crippen LogP contribution in [0.2, 0.25) is 0 Å². The predicted molar refractivity (Wildman–Crippen MR) is 79.7 cm³/mol. The lowest BCUT2D eigenvalue weighted by atomic mass is 9.90. The fourth-order valence-electron chi connectivity index (χ4n) is 1.65. The summed E-state index contributed by atoms with van der Waals surface area (Å²) in [6.07, 6.45) is 2.08. The smallest absolute Gasteiger partial charge is 0.251 e. The number of nitrogens with one attached hydrogen (secondary N) is 2. The molecule has 0 aliphatic heterocycles. The van der Waals surface area contributed by atoms with Crippen molar-refractivity contribution in [2.75, 3.05) is 18.9 Å². The number of anilines is 1. The molecule has 0 aromatic carbocycles. The maximum absolute atomic E-state index is 12.1. The summed E-state index contributed by atoms with van der Waals surface area (Å²) in [5.74, 6) is 0.700. The molecule has 0 atom stereocenters. The molecule has 0 radical (unpaired) electrons. The average molecular weight is 263 g/mol. The zero-order valence-electron chi connectivity index (χ0n) is 12.6. The van der Waals surface area contributed by atoms with Crippen molar-refractivity contribution < 1.29 is 4.79 Å². The summed E-state index contributed by atoms with van der Waals surface area (Å²) >= 11 is 0. The summed E-state index contributed by atoms with van der Waals surface area (Å²) in [5, 5.41) is 5.95. The van der Waals surface area contributed by atoms with Gasteiger partial charge in [-0.05, 0) is 18.6 Å². The van der Waals surface area contributed by atoms with E-state index in [4.69, 9.17) is 0 Å². The molecule has 1 aromatic rings. The summed E-state index contributed by atoms with van der Waals surface area (Å²) in [6.45, 7) is 9.10. The van der Waals surface area contributed by atoms with Crippen LogP contribution in [0.25, 0.3) is 0 Å². The lowest BCUT2D eigenvalue weighted by Gasteiger charge is -2.19. The number of carbonyl (C=O) groups is 1. The first kappa shape index (κ1) is 15.5. The number of unbranched alkanes of at least 4 members (excludes halogenated alkanes) is 1. The van der Waals surface area contributed by atoms with Crippen LogP contribution in [0.5, 0.6) is 0 Å². The van der Waals surface area contributed by atoms with E-state index in [0.717, 1.165) is 30.9 Å². The third-order valence-electron chi connectivity index (χ3n) is 2.93. The third-order valence-corrected chi connectivity index (χ3v) is 2.93. The molecule has 4 nitrogen and oxygen atoms in total. The molecule has 0 fully saturated rings. The number of aromatic nitrogens is 1.